The lowest BCUT2D eigenvalue weighted by Crippen LogP contribution is -2.26. The van der Waals surface area contributed by atoms with Crippen molar-refractivity contribution in [2.24, 2.45) is 11.8 Å². The fraction of sp³-hybridized carbons (Fsp3) is 0.643. The normalized spacial score (nSPS) is 20.5. The van der Waals surface area contributed by atoms with E-state index in [9.17, 15) is 14.7 Å². The number of ketones is 1. The maximum atomic E-state index is 12.3. The highest BCUT2D eigenvalue weighted by Crippen LogP contribution is 2.34. The molecule has 0 aromatic heterocycles. The van der Waals surface area contributed by atoms with E-state index in [1.165, 1.54) is 0 Å². The Bertz CT molecular complexity index is 700. The van der Waals surface area contributed by atoms with Gasteiger partial charge in [-0.25, -0.2) is 0 Å². The van der Waals surface area contributed by atoms with Gasteiger partial charge >= 0.3 is 0 Å². The SMILES string of the molecule is CCCCC[C@H](O)C=C[C@H]1CCC(=O)[C@@H]1CCCCCCC(=O)NC(C)c1ccccc1. The van der Waals surface area contributed by atoms with Gasteiger partial charge in [0.2, 0.25) is 5.91 Å². The van der Waals surface area contributed by atoms with Gasteiger partial charge < -0.3 is 10.4 Å². The number of aliphatic hydroxyl groups is 1. The first-order valence-corrected chi connectivity index (χ1v) is 12.7. The number of aliphatic hydroxyl groups excluding tert-OH is 1. The van der Waals surface area contributed by atoms with E-state index in [4.69, 9.17) is 0 Å². The molecule has 32 heavy (non-hydrogen) atoms. The Balaban J connectivity index is 1.60. The summed E-state index contributed by atoms with van der Waals surface area (Å²) in [5, 5.41) is 13.2. The molecule has 0 heterocycles. The van der Waals surface area contributed by atoms with Gasteiger partial charge in [0.1, 0.15) is 5.78 Å². The zero-order valence-corrected chi connectivity index (χ0v) is 20.1. The van der Waals surface area contributed by atoms with E-state index in [0.29, 0.717) is 18.6 Å². The standard InChI is InChI=1S/C28H43NO3/c1-3-4-8-15-25(30)20-18-24-19-21-27(31)26(24)16-11-5-6-12-17-28(32)29-22(2)23-13-9-7-10-14-23/h7,9-10,13-14,18,20,22,24-26,30H,3-6,8,11-12,15-17,19,21H2,1-2H3,(H,29,32)/t22?,24-,25-,26+/m0/s1. The number of carbonyl (C=O) groups is 2. The van der Waals surface area contributed by atoms with Crippen LogP contribution in [-0.2, 0) is 9.59 Å². The van der Waals surface area contributed by atoms with Crippen molar-refractivity contribution < 1.29 is 14.7 Å². The van der Waals surface area contributed by atoms with E-state index in [-0.39, 0.29) is 29.9 Å². The van der Waals surface area contributed by atoms with Gasteiger partial charge in [0.15, 0.2) is 0 Å². The van der Waals surface area contributed by atoms with Crippen molar-refractivity contribution >= 4 is 11.7 Å². The molecule has 4 heteroatoms. The van der Waals surface area contributed by atoms with E-state index in [1.54, 1.807) is 0 Å². The molecule has 1 fully saturated rings. The molecule has 4 nitrogen and oxygen atoms in total. The van der Waals surface area contributed by atoms with Gasteiger partial charge in [0.25, 0.3) is 0 Å². The number of rotatable bonds is 15. The summed E-state index contributed by atoms with van der Waals surface area (Å²) in [6, 6.07) is 10.1. The topological polar surface area (TPSA) is 66.4 Å². The maximum absolute atomic E-state index is 12.3. The molecule has 2 N–H and O–H groups in total. The Morgan fingerprint density at radius 1 is 1.12 bits per heavy atom. The Labute approximate surface area is 194 Å². The maximum Gasteiger partial charge on any atom is 0.220 e. The summed E-state index contributed by atoms with van der Waals surface area (Å²) in [6.07, 6.45) is 14.9. The first-order valence-electron chi connectivity index (χ1n) is 12.7. The summed E-state index contributed by atoms with van der Waals surface area (Å²) in [7, 11) is 0. The van der Waals surface area contributed by atoms with Gasteiger partial charge in [0.05, 0.1) is 12.1 Å². The van der Waals surface area contributed by atoms with Crippen LogP contribution in [0, 0.1) is 11.8 Å². The van der Waals surface area contributed by atoms with Crippen LogP contribution in [0.15, 0.2) is 42.5 Å². The highest BCUT2D eigenvalue weighted by Gasteiger charge is 2.32. The van der Waals surface area contributed by atoms with Gasteiger partial charge in [0, 0.05) is 18.8 Å². The lowest BCUT2D eigenvalue weighted by Gasteiger charge is -2.16. The summed E-state index contributed by atoms with van der Waals surface area (Å²) in [6.45, 7) is 4.18. The van der Waals surface area contributed by atoms with Crippen LogP contribution >= 0.6 is 0 Å². The summed E-state index contributed by atoms with van der Waals surface area (Å²) in [5.74, 6) is 0.891. The van der Waals surface area contributed by atoms with Crippen LogP contribution in [0.4, 0.5) is 0 Å². The van der Waals surface area contributed by atoms with E-state index in [0.717, 1.165) is 69.8 Å². The summed E-state index contributed by atoms with van der Waals surface area (Å²) < 4.78 is 0. The van der Waals surface area contributed by atoms with Crippen molar-refractivity contribution in [2.75, 3.05) is 0 Å². The quantitative estimate of drug-likeness (QED) is 0.248. The molecular formula is C28H43NO3. The lowest BCUT2D eigenvalue weighted by atomic mass is 9.89. The highest BCUT2D eigenvalue weighted by molar-refractivity contribution is 5.83. The van der Waals surface area contributed by atoms with Crippen LogP contribution in [0.5, 0.6) is 0 Å². The summed E-state index contributed by atoms with van der Waals surface area (Å²) >= 11 is 0. The Kier molecular flexibility index (Phi) is 12.3. The van der Waals surface area contributed by atoms with E-state index in [1.807, 2.05) is 43.3 Å². The molecule has 1 aliphatic carbocycles. The molecule has 1 aliphatic rings. The second kappa shape index (κ2) is 15.0. The van der Waals surface area contributed by atoms with Crippen LogP contribution in [0.2, 0.25) is 0 Å². The predicted octanol–water partition coefficient (Wildman–Crippen LogP) is 6.30. The third-order valence-electron chi connectivity index (χ3n) is 6.68. The minimum absolute atomic E-state index is 0.0345. The largest absolute Gasteiger partial charge is 0.389 e. The van der Waals surface area contributed by atoms with Gasteiger partial charge in [-0.3, -0.25) is 9.59 Å². The molecule has 0 radical (unpaired) electrons. The minimum Gasteiger partial charge on any atom is -0.389 e. The van der Waals surface area contributed by atoms with Gasteiger partial charge in [-0.1, -0.05) is 87.9 Å². The lowest BCUT2D eigenvalue weighted by molar-refractivity contribution is -0.122. The number of benzene rings is 1. The van der Waals surface area contributed by atoms with Crippen molar-refractivity contribution in [1.82, 2.24) is 5.32 Å². The van der Waals surface area contributed by atoms with Crippen molar-refractivity contribution in [3.05, 3.63) is 48.0 Å². The molecule has 178 valence electrons. The molecule has 1 aromatic carbocycles. The second-order valence-corrected chi connectivity index (χ2v) is 9.38. The highest BCUT2D eigenvalue weighted by atomic mass is 16.3. The molecule has 0 spiro atoms. The smallest absolute Gasteiger partial charge is 0.220 e. The summed E-state index contributed by atoms with van der Waals surface area (Å²) in [5.41, 5.74) is 1.12. The minimum atomic E-state index is -0.381. The van der Waals surface area contributed by atoms with Crippen molar-refractivity contribution in [3.63, 3.8) is 0 Å². The third-order valence-corrected chi connectivity index (χ3v) is 6.68. The van der Waals surface area contributed by atoms with Crippen LogP contribution in [0.3, 0.4) is 0 Å². The van der Waals surface area contributed by atoms with Crippen molar-refractivity contribution in [2.45, 2.75) is 103 Å². The number of unbranched alkanes of at least 4 members (excludes halogenated alkanes) is 5. The molecular weight excluding hydrogens is 398 g/mol. The predicted molar refractivity (Wildman–Crippen MR) is 131 cm³/mol. The van der Waals surface area contributed by atoms with Crippen LogP contribution in [-0.4, -0.2) is 22.9 Å². The molecule has 0 saturated heterocycles. The van der Waals surface area contributed by atoms with E-state index in [2.05, 4.69) is 18.3 Å². The van der Waals surface area contributed by atoms with E-state index < -0.39 is 0 Å². The number of carbonyl (C=O) groups excluding carboxylic acids is 2. The molecule has 0 aliphatic heterocycles. The van der Waals surface area contributed by atoms with Crippen LogP contribution < -0.4 is 5.32 Å². The molecule has 4 atom stereocenters. The van der Waals surface area contributed by atoms with Gasteiger partial charge in [-0.2, -0.15) is 0 Å². The zero-order valence-electron chi connectivity index (χ0n) is 20.1. The Hall–Kier alpha value is -1.94. The van der Waals surface area contributed by atoms with Crippen molar-refractivity contribution in [3.8, 4) is 0 Å². The fourth-order valence-corrected chi connectivity index (χ4v) is 4.65. The zero-order chi connectivity index (χ0) is 23.2. The average Bonchev–Trinajstić information content (AvgIpc) is 3.14. The van der Waals surface area contributed by atoms with E-state index >= 15 is 0 Å². The molecule has 1 aromatic rings. The summed E-state index contributed by atoms with van der Waals surface area (Å²) in [4.78, 5) is 24.5. The molecule has 1 saturated carbocycles. The molecule has 2 rings (SSSR count). The number of Topliss-reactive ketones (excluding diaryl/α,β-unsaturated/α-hetero) is 1. The first-order chi connectivity index (χ1) is 15.5. The van der Waals surface area contributed by atoms with Gasteiger partial charge in [-0.15, -0.1) is 0 Å². The monoisotopic (exact) mass is 441 g/mol. The Morgan fingerprint density at radius 3 is 2.62 bits per heavy atom. The molecule has 1 unspecified atom stereocenters. The number of allylic oxidation sites excluding steroid dienone is 1. The average molecular weight is 442 g/mol. The van der Waals surface area contributed by atoms with Crippen molar-refractivity contribution in [1.29, 1.82) is 0 Å². The van der Waals surface area contributed by atoms with Gasteiger partial charge in [-0.05, 0) is 44.1 Å². The van der Waals surface area contributed by atoms with Crippen LogP contribution in [0.1, 0.15) is 103 Å². The first kappa shape index (κ1) is 26.3. The fourth-order valence-electron chi connectivity index (χ4n) is 4.65. The number of hydrogen-bond acceptors (Lipinski definition) is 3. The van der Waals surface area contributed by atoms with Crippen LogP contribution in [0.25, 0.3) is 0 Å². The second-order valence-electron chi connectivity index (χ2n) is 9.38. The number of hydrogen-bond donors (Lipinski definition) is 2. The number of nitrogens with one attached hydrogen (secondary N) is 1. The Morgan fingerprint density at radius 2 is 1.88 bits per heavy atom. The number of amides is 1. The molecule has 0 bridgehead atoms. The molecule has 1 amide bonds. The third kappa shape index (κ3) is 9.68.